The van der Waals surface area contributed by atoms with E-state index in [1.807, 2.05) is 30.3 Å². The number of hydrogen-bond donors (Lipinski definition) is 0. The topological polar surface area (TPSA) is 63.6 Å². The Morgan fingerprint density at radius 1 is 0.893 bits per heavy atom. The summed E-state index contributed by atoms with van der Waals surface area (Å²) in [6.07, 6.45) is 1.59. The average Bonchev–Trinajstić information content (AvgIpc) is 3.26. The van der Waals surface area contributed by atoms with Gasteiger partial charge in [0.1, 0.15) is 4.21 Å². The molecule has 0 amide bonds. The smallest absolute Gasteiger partial charge is 0.288 e. The van der Waals surface area contributed by atoms with Crippen molar-refractivity contribution < 1.29 is 13.2 Å². The number of rotatable bonds is 5. The Balaban J connectivity index is 1.74. The fourth-order valence-corrected chi connectivity index (χ4v) is 5.72. The van der Waals surface area contributed by atoms with Crippen LogP contribution in [-0.4, -0.2) is 19.9 Å². The average molecular weight is 426 g/mol. The highest BCUT2D eigenvalue weighted by Gasteiger charge is 2.26. The van der Waals surface area contributed by atoms with E-state index in [2.05, 4.69) is 4.40 Å². The maximum atomic E-state index is 12.9. The summed E-state index contributed by atoms with van der Waals surface area (Å²) in [5.74, 6) is 0.509. The third-order valence-corrected chi connectivity index (χ3v) is 7.90. The van der Waals surface area contributed by atoms with Crippen molar-refractivity contribution >= 4 is 44.6 Å². The van der Waals surface area contributed by atoms with Gasteiger partial charge in [-0.3, -0.25) is 4.79 Å². The Kier molecular flexibility index (Phi) is 5.30. The first kappa shape index (κ1) is 18.9. The molecule has 0 radical (unpaired) electrons. The highest BCUT2D eigenvalue weighted by molar-refractivity contribution is 8.03. The monoisotopic (exact) mass is 425 g/mol. The van der Waals surface area contributed by atoms with Crippen molar-refractivity contribution in [1.29, 1.82) is 0 Å². The van der Waals surface area contributed by atoms with Crippen LogP contribution in [0.3, 0.4) is 0 Å². The third-order valence-electron chi connectivity index (χ3n) is 4.14. The maximum absolute atomic E-state index is 12.9. The predicted octanol–water partition coefficient (Wildman–Crippen LogP) is 4.94. The van der Waals surface area contributed by atoms with E-state index in [1.165, 1.54) is 17.8 Å². The first-order valence-corrected chi connectivity index (χ1v) is 11.8. The Labute approximate surface area is 171 Å². The summed E-state index contributed by atoms with van der Waals surface area (Å²) >= 11 is 2.51. The molecule has 2 aromatic carbocycles. The summed E-state index contributed by atoms with van der Waals surface area (Å²) in [6, 6.07) is 20.0. The Bertz CT molecular complexity index is 1180. The van der Waals surface area contributed by atoms with Crippen molar-refractivity contribution in [3.63, 3.8) is 0 Å². The van der Waals surface area contributed by atoms with Crippen LogP contribution in [0.2, 0.25) is 0 Å². The van der Waals surface area contributed by atoms with E-state index >= 15 is 0 Å². The number of Topliss-reactive ketones (excluding diaryl/α,β-unsaturated/α-hetero) is 1. The molecule has 28 heavy (non-hydrogen) atoms. The standard InChI is InChI=1S/C21H15NO3S3/c23-21-17-10-5-4-9-16(17)18(22-28(24,25)20-11-6-12-26-20)13-19(21)27-14-15-7-2-1-3-8-15/h1-13H,14H2. The molecule has 1 aromatic heterocycles. The molecule has 1 aliphatic carbocycles. The summed E-state index contributed by atoms with van der Waals surface area (Å²) in [5, 5.41) is 1.70. The van der Waals surface area contributed by atoms with Crippen molar-refractivity contribution in [2.24, 2.45) is 4.40 Å². The molecule has 0 saturated heterocycles. The van der Waals surface area contributed by atoms with E-state index < -0.39 is 10.0 Å². The van der Waals surface area contributed by atoms with E-state index in [-0.39, 0.29) is 9.99 Å². The van der Waals surface area contributed by atoms with Crippen LogP contribution in [0.25, 0.3) is 0 Å². The quantitative estimate of drug-likeness (QED) is 0.581. The number of nitrogens with zero attached hydrogens (tertiary/aromatic N) is 1. The fraction of sp³-hybridized carbons (Fsp3) is 0.0476. The lowest BCUT2D eigenvalue weighted by molar-refractivity contribution is 0.104. The van der Waals surface area contributed by atoms with E-state index in [9.17, 15) is 13.2 Å². The molecule has 0 fully saturated rings. The lowest BCUT2D eigenvalue weighted by atomic mass is 9.94. The second-order valence-electron chi connectivity index (χ2n) is 6.04. The van der Waals surface area contributed by atoms with Crippen LogP contribution in [0.15, 0.2) is 91.7 Å². The van der Waals surface area contributed by atoms with Crippen LogP contribution in [0, 0.1) is 0 Å². The second-order valence-corrected chi connectivity index (χ2v) is 9.84. The number of carbonyl (C=O) groups excluding carboxylic acids is 1. The first-order chi connectivity index (χ1) is 13.5. The Morgan fingerprint density at radius 3 is 2.32 bits per heavy atom. The normalized spacial score (nSPS) is 15.4. The molecule has 0 saturated carbocycles. The van der Waals surface area contributed by atoms with Gasteiger partial charge in [-0.2, -0.15) is 12.8 Å². The van der Waals surface area contributed by atoms with Gasteiger partial charge in [0, 0.05) is 16.9 Å². The number of fused-ring (bicyclic) bond motifs is 1. The number of hydrogen-bond acceptors (Lipinski definition) is 5. The van der Waals surface area contributed by atoms with E-state index in [1.54, 1.807) is 41.8 Å². The Morgan fingerprint density at radius 2 is 1.61 bits per heavy atom. The van der Waals surface area contributed by atoms with Crippen LogP contribution < -0.4 is 0 Å². The maximum Gasteiger partial charge on any atom is 0.292 e. The van der Waals surface area contributed by atoms with Gasteiger partial charge in [0.05, 0.1) is 10.6 Å². The number of carbonyl (C=O) groups is 1. The molecular weight excluding hydrogens is 410 g/mol. The highest BCUT2D eigenvalue weighted by atomic mass is 32.2. The SMILES string of the molecule is O=C1C(SCc2ccccc2)=CC(=NS(=O)(=O)c2cccs2)c2ccccc21. The molecule has 4 nitrogen and oxygen atoms in total. The van der Waals surface area contributed by atoms with Gasteiger partial charge in [-0.1, -0.05) is 60.7 Å². The van der Waals surface area contributed by atoms with Crippen molar-refractivity contribution in [2.45, 2.75) is 9.96 Å². The molecule has 0 aliphatic heterocycles. The van der Waals surface area contributed by atoms with Gasteiger partial charge in [0.15, 0.2) is 5.78 Å². The minimum atomic E-state index is -3.83. The first-order valence-electron chi connectivity index (χ1n) is 8.45. The number of thiophene rings is 1. The van der Waals surface area contributed by atoms with Crippen molar-refractivity contribution in [3.8, 4) is 0 Å². The van der Waals surface area contributed by atoms with Gasteiger partial charge in [0.2, 0.25) is 0 Å². The predicted molar refractivity (Wildman–Crippen MR) is 115 cm³/mol. The minimum absolute atomic E-state index is 0.107. The molecule has 1 aliphatic rings. The summed E-state index contributed by atoms with van der Waals surface area (Å²) in [4.78, 5) is 13.4. The second kappa shape index (κ2) is 7.87. The Hall–Kier alpha value is -2.48. The number of thioether (sulfide) groups is 1. The zero-order valence-corrected chi connectivity index (χ0v) is 17.1. The van der Waals surface area contributed by atoms with Crippen LogP contribution in [0.1, 0.15) is 21.5 Å². The third kappa shape index (κ3) is 3.87. The molecule has 0 bridgehead atoms. The molecule has 140 valence electrons. The van der Waals surface area contributed by atoms with E-state index in [0.29, 0.717) is 27.5 Å². The minimum Gasteiger partial charge on any atom is -0.288 e. The van der Waals surface area contributed by atoms with Crippen LogP contribution in [-0.2, 0) is 15.8 Å². The van der Waals surface area contributed by atoms with Gasteiger partial charge in [-0.15, -0.1) is 23.1 Å². The number of sulfonamides is 1. The molecule has 1 heterocycles. The van der Waals surface area contributed by atoms with Crippen molar-refractivity contribution in [1.82, 2.24) is 0 Å². The number of benzene rings is 2. The molecule has 3 aromatic rings. The number of allylic oxidation sites excluding steroid dienone is 2. The summed E-state index contributed by atoms with van der Waals surface area (Å²) < 4.78 is 29.5. The molecule has 7 heteroatoms. The summed E-state index contributed by atoms with van der Waals surface area (Å²) in [6.45, 7) is 0. The lowest BCUT2D eigenvalue weighted by Crippen LogP contribution is -2.17. The van der Waals surface area contributed by atoms with Crippen LogP contribution in [0.4, 0.5) is 0 Å². The summed E-state index contributed by atoms with van der Waals surface area (Å²) in [7, 11) is -3.83. The van der Waals surface area contributed by atoms with E-state index in [0.717, 1.165) is 16.9 Å². The van der Waals surface area contributed by atoms with Crippen LogP contribution in [0.5, 0.6) is 0 Å². The molecule has 0 atom stereocenters. The lowest BCUT2D eigenvalue weighted by Gasteiger charge is -2.17. The molecular formula is C21H15NO3S3. The highest BCUT2D eigenvalue weighted by Crippen LogP contribution is 2.31. The molecule has 0 N–H and O–H groups in total. The van der Waals surface area contributed by atoms with Crippen LogP contribution >= 0.6 is 23.1 Å². The zero-order valence-electron chi connectivity index (χ0n) is 14.6. The zero-order chi connectivity index (χ0) is 19.6. The van der Waals surface area contributed by atoms with Gasteiger partial charge in [-0.05, 0) is 23.1 Å². The molecule has 0 unspecified atom stereocenters. The fourth-order valence-electron chi connectivity index (χ4n) is 2.81. The van der Waals surface area contributed by atoms with Crippen molar-refractivity contribution in [3.05, 3.63) is 99.8 Å². The van der Waals surface area contributed by atoms with Gasteiger partial charge < -0.3 is 0 Å². The summed E-state index contributed by atoms with van der Waals surface area (Å²) in [5.41, 5.74) is 2.39. The molecule has 4 rings (SSSR count). The van der Waals surface area contributed by atoms with Gasteiger partial charge >= 0.3 is 0 Å². The van der Waals surface area contributed by atoms with Gasteiger partial charge in [0.25, 0.3) is 10.0 Å². The number of ketones is 1. The van der Waals surface area contributed by atoms with E-state index in [4.69, 9.17) is 0 Å². The van der Waals surface area contributed by atoms with Crippen molar-refractivity contribution in [2.75, 3.05) is 0 Å². The molecule has 0 spiro atoms. The van der Waals surface area contributed by atoms with Gasteiger partial charge in [-0.25, -0.2) is 0 Å². The largest absolute Gasteiger partial charge is 0.292 e.